The molecule has 0 fully saturated rings. The maximum atomic E-state index is 12.1. The predicted octanol–water partition coefficient (Wildman–Crippen LogP) is 0.536. The van der Waals surface area contributed by atoms with Gasteiger partial charge in [-0.3, -0.25) is 14.2 Å². The zero-order valence-electron chi connectivity index (χ0n) is 10.2. The van der Waals surface area contributed by atoms with E-state index in [4.69, 9.17) is 0 Å². The fourth-order valence-electron chi connectivity index (χ4n) is 1.76. The summed E-state index contributed by atoms with van der Waals surface area (Å²) in [6, 6.07) is 0. The first kappa shape index (κ1) is 11.5. The molecule has 0 saturated heterocycles. The lowest BCUT2D eigenvalue weighted by Gasteiger charge is -1.96. The molecule has 0 amide bonds. The highest BCUT2D eigenvalue weighted by molar-refractivity contribution is 5.98. The van der Waals surface area contributed by atoms with Crippen molar-refractivity contribution in [1.29, 1.82) is 0 Å². The summed E-state index contributed by atoms with van der Waals surface area (Å²) in [5.41, 5.74) is 2.20. The molecule has 0 atom stereocenters. The van der Waals surface area contributed by atoms with Gasteiger partial charge in [-0.05, 0) is 6.42 Å². The number of ketones is 1. The topological polar surface area (TPSA) is 65.6 Å². The molecule has 90 valence electrons. The van der Waals surface area contributed by atoms with Crippen LogP contribution in [-0.2, 0) is 26.9 Å². The molecule has 17 heavy (non-hydrogen) atoms. The SMILES string of the molecule is CCc1nn(C)cc1C(=O)Cc1cn(C)nn1. The molecular formula is C11H15N5O. The first-order valence-electron chi connectivity index (χ1n) is 5.51. The summed E-state index contributed by atoms with van der Waals surface area (Å²) in [5.74, 6) is 0.0375. The molecule has 0 N–H and O–H groups in total. The van der Waals surface area contributed by atoms with Crippen molar-refractivity contribution in [3.8, 4) is 0 Å². The van der Waals surface area contributed by atoms with E-state index in [1.165, 1.54) is 0 Å². The van der Waals surface area contributed by atoms with E-state index in [1.807, 2.05) is 14.0 Å². The second-order valence-electron chi connectivity index (χ2n) is 4.00. The Bertz CT molecular complexity index is 540. The van der Waals surface area contributed by atoms with Gasteiger partial charge in [0.15, 0.2) is 5.78 Å². The Morgan fingerprint density at radius 2 is 2.06 bits per heavy atom. The minimum Gasteiger partial charge on any atom is -0.294 e. The van der Waals surface area contributed by atoms with Gasteiger partial charge in [0.05, 0.1) is 23.4 Å². The van der Waals surface area contributed by atoms with Crippen LogP contribution in [0.2, 0.25) is 0 Å². The molecule has 0 spiro atoms. The van der Waals surface area contributed by atoms with Crippen molar-refractivity contribution in [2.24, 2.45) is 14.1 Å². The van der Waals surface area contributed by atoms with E-state index in [0.29, 0.717) is 11.3 Å². The second-order valence-corrected chi connectivity index (χ2v) is 4.00. The summed E-state index contributed by atoms with van der Waals surface area (Å²) in [6.07, 6.45) is 4.53. The van der Waals surface area contributed by atoms with Crippen molar-refractivity contribution >= 4 is 5.78 Å². The smallest absolute Gasteiger partial charge is 0.172 e. The fourth-order valence-corrected chi connectivity index (χ4v) is 1.76. The van der Waals surface area contributed by atoms with Gasteiger partial charge in [-0.25, -0.2) is 0 Å². The van der Waals surface area contributed by atoms with Gasteiger partial charge < -0.3 is 0 Å². The van der Waals surface area contributed by atoms with Crippen LogP contribution in [0.15, 0.2) is 12.4 Å². The average molecular weight is 233 g/mol. The number of nitrogens with zero attached hydrogens (tertiary/aromatic N) is 5. The van der Waals surface area contributed by atoms with Crippen molar-refractivity contribution in [1.82, 2.24) is 24.8 Å². The Morgan fingerprint density at radius 1 is 1.29 bits per heavy atom. The summed E-state index contributed by atoms with van der Waals surface area (Å²) >= 11 is 0. The quantitative estimate of drug-likeness (QED) is 0.723. The Balaban J connectivity index is 2.19. The van der Waals surface area contributed by atoms with E-state index in [2.05, 4.69) is 15.4 Å². The van der Waals surface area contributed by atoms with Gasteiger partial charge in [-0.15, -0.1) is 5.10 Å². The molecule has 2 aromatic rings. The number of Topliss-reactive ketones (excluding diaryl/α,β-unsaturated/α-hetero) is 1. The lowest BCUT2D eigenvalue weighted by molar-refractivity contribution is 0.0991. The van der Waals surface area contributed by atoms with Crippen LogP contribution in [0.4, 0.5) is 0 Å². The number of aryl methyl sites for hydroxylation is 3. The fraction of sp³-hybridized carbons (Fsp3) is 0.455. The summed E-state index contributed by atoms with van der Waals surface area (Å²) in [6.45, 7) is 1.99. The first-order valence-corrected chi connectivity index (χ1v) is 5.51. The number of carbonyl (C=O) groups excluding carboxylic acids is 1. The van der Waals surface area contributed by atoms with Gasteiger partial charge >= 0.3 is 0 Å². The lowest BCUT2D eigenvalue weighted by Crippen LogP contribution is -2.05. The molecule has 0 aliphatic rings. The second kappa shape index (κ2) is 4.48. The molecule has 0 aliphatic carbocycles. The van der Waals surface area contributed by atoms with Gasteiger partial charge in [-0.1, -0.05) is 12.1 Å². The molecular weight excluding hydrogens is 218 g/mol. The molecule has 0 aromatic carbocycles. The van der Waals surface area contributed by atoms with Crippen LogP contribution in [0.5, 0.6) is 0 Å². The van der Waals surface area contributed by atoms with Crippen molar-refractivity contribution < 1.29 is 4.79 Å². The number of hydrogen-bond donors (Lipinski definition) is 0. The normalized spacial score (nSPS) is 10.8. The number of hydrogen-bond acceptors (Lipinski definition) is 4. The van der Waals surface area contributed by atoms with E-state index in [0.717, 1.165) is 12.1 Å². The van der Waals surface area contributed by atoms with Gasteiger partial charge in [-0.2, -0.15) is 5.10 Å². The zero-order valence-corrected chi connectivity index (χ0v) is 10.2. The molecule has 0 saturated carbocycles. The highest BCUT2D eigenvalue weighted by atomic mass is 16.1. The maximum Gasteiger partial charge on any atom is 0.172 e. The first-order chi connectivity index (χ1) is 8.10. The summed E-state index contributed by atoms with van der Waals surface area (Å²) in [7, 11) is 3.60. The van der Waals surface area contributed by atoms with E-state index in [1.54, 1.807) is 28.8 Å². The number of aromatic nitrogens is 5. The van der Waals surface area contributed by atoms with E-state index >= 15 is 0 Å². The molecule has 0 radical (unpaired) electrons. The number of rotatable bonds is 4. The van der Waals surface area contributed by atoms with Crippen LogP contribution in [0, 0.1) is 0 Å². The predicted molar refractivity (Wildman–Crippen MR) is 61.6 cm³/mol. The highest BCUT2D eigenvalue weighted by Gasteiger charge is 2.15. The van der Waals surface area contributed by atoms with Crippen LogP contribution in [0.3, 0.4) is 0 Å². The Kier molecular flexibility index (Phi) is 3.03. The highest BCUT2D eigenvalue weighted by Crippen LogP contribution is 2.10. The summed E-state index contributed by atoms with van der Waals surface area (Å²) in [5, 5.41) is 12.0. The third-order valence-corrected chi connectivity index (χ3v) is 2.53. The van der Waals surface area contributed by atoms with Crippen molar-refractivity contribution in [2.45, 2.75) is 19.8 Å². The monoisotopic (exact) mass is 233 g/mol. The maximum absolute atomic E-state index is 12.1. The van der Waals surface area contributed by atoms with E-state index in [9.17, 15) is 4.79 Å². The third-order valence-electron chi connectivity index (χ3n) is 2.53. The molecule has 6 nitrogen and oxygen atoms in total. The van der Waals surface area contributed by atoms with E-state index < -0.39 is 0 Å². The van der Waals surface area contributed by atoms with Gasteiger partial charge in [0.25, 0.3) is 0 Å². The van der Waals surface area contributed by atoms with Crippen LogP contribution in [-0.4, -0.2) is 30.6 Å². The van der Waals surface area contributed by atoms with Crippen LogP contribution >= 0.6 is 0 Å². The molecule has 6 heteroatoms. The molecule has 2 rings (SSSR count). The average Bonchev–Trinajstić information content (AvgIpc) is 2.84. The van der Waals surface area contributed by atoms with Crippen molar-refractivity contribution in [2.75, 3.05) is 0 Å². The van der Waals surface area contributed by atoms with Gasteiger partial charge in [0.1, 0.15) is 0 Å². The van der Waals surface area contributed by atoms with Crippen LogP contribution in [0.1, 0.15) is 28.7 Å². The van der Waals surface area contributed by atoms with Gasteiger partial charge in [0.2, 0.25) is 0 Å². The Hall–Kier alpha value is -1.98. The molecule has 0 unspecified atom stereocenters. The summed E-state index contributed by atoms with van der Waals surface area (Å²) in [4.78, 5) is 12.1. The molecule has 2 heterocycles. The standard InChI is InChI=1S/C11H15N5O/c1-4-10-9(7-15(2)13-10)11(17)5-8-6-16(3)14-12-8/h6-7H,4-5H2,1-3H3. The van der Waals surface area contributed by atoms with Crippen LogP contribution in [0.25, 0.3) is 0 Å². The summed E-state index contributed by atoms with van der Waals surface area (Å²) < 4.78 is 3.26. The molecule has 0 aliphatic heterocycles. The minimum atomic E-state index is 0.0375. The largest absolute Gasteiger partial charge is 0.294 e. The van der Waals surface area contributed by atoms with Gasteiger partial charge in [0, 0.05) is 26.5 Å². The zero-order chi connectivity index (χ0) is 12.4. The Labute approximate surface area is 99.2 Å². The van der Waals surface area contributed by atoms with Crippen LogP contribution < -0.4 is 0 Å². The van der Waals surface area contributed by atoms with E-state index in [-0.39, 0.29) is 12.2 Å². The van der Waals surface area contributed by atoms with Crippen molar-refractivity contribution in [3.05, 3.63) is 29.3 Å². The molecule has 2 aromatic heterocycles. The number of carbonyl (C=O) groups is 1. The lowest BCUT2D eigenvalue weighted by atomic mass is 10.1. The molecule has 0 bridgehead atoms. The Morgan fingerprint density at radius 3 is 2.65 bits per heavy atom. The van der Waals surface area contributed by atoms with Crippen molar-refractivity contribution in [3.63, 3.8) is 0 Å². The minimum absolute atomic E-state index is 0.0375. The third kappa shape index (κ3) is 2.41.